The molecule has 0 aromatic carbocycles. The molecule has 1 aromatic heterocycles. The van der Waals surface area contributed by atoms with E-state index >= 15 is 0 Å². The third-order valence-corrected chi connectivity index (χ3v) is 6.11. The number of nitrogens with one attached hydrogen (secondary N) is 2. The fraction of sp³-hybridized carbons (Fsp3) is 0.667. The van der Waals surface area contributed by atoms with Gasteiger partial charge in [0.05, 0.1) is 10.4 Å². The number of amides is 1. The lowest BCUT2D eigenvalue weighted by Gasteiger charge is -2.24. The minimum Gasteiger partial charge on any atom is -0.348 e. The van der Waals surface area contributed by atoms with Crippen molar-refractivity contribution in [1.82, 2.24) is 10.6 Å². The molecule has 6 heteroatoms. The van der Waals surface area contributed by atoms with Gasteiger partial charge in [-0.1, -0.05) is 18.5 Å². The first-order valence-electron chi connectivity index (χ1n) is 7.41. The highest BCUT2D eigenvalue weighted by molar-refractivity contribution is 7.16. The molecule has 1 spiro atoms. The van der Waals surface area contributed by atoms with Gasteiger partial charge in [0, 0.05) is 10.8 Å². The largest absolute Gasteiger partial charge is 0.348 e. The van der Waals surface area contributed by atoms with Crippen molar-refractivity contribution in [2.75, 3.05) is 13.1 Å². The van der Waals surface area contributed by atoms with Crippen molar-refractivity contribution >= 4 is 41.3 Å². The summed E-state index contributed by atoms with van der Waals surface area (Å²) in [5.41, 5.74) is 0.306. The van der Waals surface area contributed by atoms with E-state index in [0.717, 1.165) is 48.0 Å². The molecule has 1 saturated heterocycles. The van der Waals surface area contributed by atoms with Crippen LogP contribution >= 0.6 is 35.3 Å². The van der Waals surface area contributed by atoms with Crippen LogP contribution in [0.2, 0.25) is 4.34 Å². The number of piperidine rings is 1. The molecule has 0 radical (unpaired) electrons. The standard InChI is InChI=1S/C15H21ClN2OS.ClH/c1-2-11(12-3-4-13(16)20-12)18-14(19)10-9-15(10)5-7-17-8-6-15;/h3-4,10-11,17H,2,5-9H2,1H3,(H,18,19);1H. The summed E-state index contributed by atoms with van der Waals surface area (Å²) < 4.78 is 0.786. The highest BCUT2D eigenvalue weighted by atomic mass is 35.5. The predicted molar refractivity (Wildman–Crippen MR) is 90.4 cm³/mol. The Bertz CT molecular complexity index is 500. The van der Waals surface area contributed by atoms with E-state index in [2.05, 4.69) is 17.6 Å². The third kappa shape index (κ3) is 3.55. The molecule has 118 valence electrons. The van der Waals surface area contributed by atoms with Gasteiger partial charge in [0.25, 0.3) is 0 Å². The molecule has 3 rings (SSSR count). The molecular weight excluding hydrogens is 327 g/mol. The predicted octanol–water partition coefficient (Wildman–Crippen LogP) is 3.78. The lowest BCUT2D eigenvalue weighted by molar-refractivity contribution is -0.124. The van der Waals surface area contributed by atoms with Crippen molar-refractivity contribution in [3.63, 3.8) is 0 Å². The smallest absolute Gasteiger partial charge is 0.224 e. The molecule has 2 fully saturated rings. The van der Waals surface area contributed by atoms with Crippen LogP contribution in [-0.2, 0) is 4.79 Å². The van der Waals surface area contributed by atoms with Gasteiger partial charge in [0.1, 0.15) is 0 Å². The molecule has 2 N–H and O–H groups in total. The molecule has 1 aromatic rings. The van der Waals surface area contributed by atoms with E-state index < -0.39 is 0 Å². The summed E-state index contributed by atoms with van der Waals surface area (Å²) in [6, 6.07) is 4.04. The number of halogens is 2. The van der Waals surface area contributed by atoms with E-state index in [1.807, 2.05) is 12.1 Å². The van der Waals surface area contributed by atoms with Crippen LogP contribution in [0.5, 0.6) is 0 Å². The van der Waals surface area contributed by atoms with Crippen molar-refractivity contribution in [2.45, 2.75) is 38.6 Å². The Kier molecular flexibility index (Phi) is 5.58. The van der Waals surface area contributed by atoms with Gasteiger partial charge in [0.2, 0.25) is 5.91 Å². The molecule has 2 heterocycles. The minimum atomic E-state index is 0. The van der Waals surface area contributed by atoms with Gasteiger partial charge in [-0.05, 0) is 56.3 Å². The Morgan fingerprint density at radius 1 is 1.52 bits per heavy atom. The zero-order valence-corrected chi connectivity index (χ0v) is 14.5. The summed E-state index contributed by atoms with van der Waals surface area (Å²) in [5.74, 6) is 0.470. The average molecular weight is 349 g/mol. The molecule has 1 aliphatic carbocycles. The van der Waals surface area contributed by atoms with Gasteiger partial charge in [-0.2, -0.15) is 0 Å². The quantitative estimate of drug-likeness (QED) is 0.869. The first kappa shape index (κ1) is 17.1. The Labute approximate surface area is 141 Å². The van der Waals surface area contributed by atoms with Crippen LogP contribution in [0, 0.1) is 11.3 Å². The summed E-state index contributed by atoms with van der Waals surface area (Å²) in [4.78, 5) is 13.6. The number of hydrogen-bond donors (Lipinski definition) is 2. The fourth-order valence-corrected chi connectivity index (χ4v) is 4.55. The second kappa shape index (κ2) is 6.86. The number of thiophene rings is 1. The lowest BCUT2D eigenvalue weighted by Crippen LogP contribution is -2.34. The van der Waals surface area contributed by atoms with E-state index in [-0.39, 0.29) is 30.3 Å². The summed E-state index contributed by atoms with van der Waals surface area (Å²) in [6.45, 7) is 4.22. The second-order valence-electron chi connectivity index (χ2n) is 5.98. The highest BCUT2D eigenvalue weighted by Crippen LogP contribution is 2.58. The lowest BCUT2D eigenvalue weighted by atomic mass is 9.91. The topological polar surface area (TPSA) is 41.1 Å². The van der Waals surface area contributed by atoms with Crippen molar-refractivity contribution in [1.29, 1.82) is 0 Å². The van der Waals surface area contributed by atoms with Gasteiger partial charge in [-0.25, -0.2) is 0 Å². The van der Waals surface area contributed by atoms with Crippen molar-refractivity contribution in [3.05, 3.63) is 21.3 Å². The van der Waals surface area contributed by atoms with Crippen LogP contribution in [0.15, 0.2) is 12.1 Å². The molecule has 2 aliphatic rings. The zero-order valence-electron chi connectivity index (χ0n) is 12.2. The van der Waals surface area contributed by atoms with Gasteiger partial charge in [0.15, 0.2) is 0 Å². The first-order valence-corrected chi connectivity index (χ1v) is 8.60. The Balaban J connectivity index is 0.00000161. The number of rotatable bonds is 4. The molecule has 1 saturated carbocycles. The van der Waals surface area contributed by atoms with Crippen molar-refractivity contribution < 1.29 is 4.79 Å². The summed E-state index contributed by atoms with van der Waals surface area (Å²) in [5, 5.41) is 6.60. The average Bonchev–Trinajstić information content (AvgIpc) is 2.96. The zero-order chi connectivity index (χ0) is 14.2. The molecule has 3 nitrogen and oxygen atoms in total. The van der Waals surface area contributed by atoms with Crippen LogP contribution in [0.3, 0.4) is 0 Å². The number of carbonyl (C=O) groups is 1. The summed E-state index contributed by atoms with van der Waals surface area (Å²) in [7, 11) is 0. The summed E-state index contributed by atoms with van der Waals surface area (Å²) in [6.07, 6.45) is 4.27. The number of hydrogen-bond acceptors (Lipinski definition) is 3. The molecule has 0 bridgehead atoms. The maximum atomic E-state index is 12.5. The Hall–Kier alpha value is -0.290. The normalized spacial score (nSPS) is 24.2. The number of carbonyl (C=O) groups excluding carboxylic acids is 1. The maximum Gasteiger partial charge on any atom is 0.224 e. The highest BCUT2D eigenvalue weighted by Gasteiger charge is 2.57. The Morgan fingerprint density at radius 3 is 2.81 bits per heavy atom. The van der Waals surface area contributed by atoms with Crippen LogP contribution < -0.4 is 10.6 Å². The summed E-state index contributed by atoms with van der Waals surface area (Å²) >= 11 is 7.55. The van der Waals surface area contributed by atoms with E-state index in [0.29, 0.717) is 5.41 Å². The molecule has 2 unspecified atom stereocenters. The molecule has 1 aliphatic heterocycles. The van der Waals surface area contributed by atoms with Crippen molar-refractivity contribution in [2.24, 2.45) is 11.3 Å². The SMILES string of the molecule is CCC(NC(=O)C1CC12CCNCC2)c1ccc(Cl)s1.Cl. The van der Waals surface area contributed by atoms with Gasteiger partial charge in [-0.15, -0.1) is 23.7 Å². The second-order valence-corrected chi connectivity index (χ2v) is 7.73. The van der Waals surface area contributed by atoms with Crippen LogP contribution in [0.4, 0.5) is 0 Å². The van der Waals surface area contributed by atoms with E-state index in [1.54, 1.807) is 11.3 Å². The Morgan fingerprint density at radius 2 is 2.24 bits per heavy atom. The van der Waals surface area contributed by atoms with Gasteiger partial charge >= 0.3 is 0 Å². The van der Waals surface area contributed by atoms with E-state index in [4.69, 9.17) is 11.6 Å². The van der Waals surface area contributed by atoms with E-state index in [9.17, 15) is 4.79 Å². The van der Waals surface area contributed by atoms with E-state index in [1.165, 1.54) is 0 Å². The van der Waals surface area contributed by atoms with Gasteiger partial charge in [-0.3, -0.25) is 4.79 Å². The molecule has 2 atom stereocenters. The van der Waals surface area contributed by atoms with Crippen LogP contribution in [-0.4, -0.2) is 19.0 Å². The monoisotopic (exact) mass is 348 g/mol. The van der Waals surface area contributed by atoms with Gasteiger partial charge < -0.3 is 10.6 Å². The molecular formula is C15H22Cl2N2OS. The fourth-order valence-electron chi connectivity index (χ4n) is 3.36. The minimum absolute atomic E-state index is 0. The van der Waals surface area contributed by atoms with Crippen LogP contribution in [0.25, 0.3) is 0 Å². The van der Waals surface area contributed by atoms with Crippen molar-refractivity contribution in [3.8, 4) is 0 Å². The third-order valence-electron chi connectivity index (χ3n) is 4.77. The maximum absolute atomic E-state index is 12.5. The first-order chi connectivity index (χ1) is 9.64. The molecule has 1 amide bonds. The van der Waals surface area contributed by atoms with Crippen LogP contribution in [0.1, 0.15) is 43.5 Å². The molecule has 21 heavy (non-hydrogen) atoms.